The largest absolute Gasteiger partial charge is 0.386 e. The van der Waals surface area contributed by atoms with E-state index < -0.39 is 0 Å². The predicted octanol–water partition coefficient (Wildman–Crippen LogP) is 3.08. The average Bonchev–Trinajstić information content (AvgIpc) is 2.76. The molecule has 4 nitrogen and oxygen atoms in total. The molecule has 1 aliphatic rings. The molecular weight excluding hydrogens is 226 g/mol. The van der Waals surface area contributed by atoms with E-state index in [1.165, 1.54) is 32.1 Å². The fourth-order valence-electron chi connectivity index (χ4n) is 2.93. The molecule has 1 unspecified atom stereocenters. The molecule has 1 aromatic rings. The Morgan fingerprint density at radius 1 is 1.28 bits per heavy atom. The summed E-state index contributed by atoms with van der Waals surface area (Å²) >= 11 is 0. The van der Waals surface area contributed by atoms with E-state index in [4.69, 9.17) is 0 Å². The van der Waals surface area contributed by atoms with Crippen LogP contribution in [0.2, 0.25) is 0 Å². The topological polar surface area (TPSA) is 50.9 Å². The summed E-state index contributed by atoms with van der Waals surface area (Å²) in [7, 11) is 0. The van der Waals surface area contributed by atoms with Crippen molar-refractivity contribution >= 4 is 0 Å². The van der Waals surface area contributed by atoms with Crippen molar-refractivity contribution in [1.29, 1.82) is 0 Å². The van der Waals surface area contributed by atoms with Crippen LogP contribution in [-0.4, -0.2) is 20.1 Å². The fourth-order valence-corrected chi connectivity index (χ4v) is 2.93. The van der Waals surface area contributed by atoms with Crippen molar-refractivity contribution in [3.8, 4) is 0 Å². The van der Waals surface area contributed by atoms with Gasteiger partial charge in [-0.3, -0.25) is 0 Å². The molecule has 1 atom stereocenters. The smallest absolute Gasteiger partial charge is 0.100 e. The van der Waals surface area contributed by atoms with Crippen LogP contribution < -0.4 is 0 Å². The highest BCUT2D eigenvalue weighted by atomic mass is 16.3. The maximum Gasteiger partial charge on any atom is 0.100 e. The number of hydrogen-bond donors (Lipinski definition) is 1. The van der Waals surface area contributed by atoms with Crippen LogP contribution in [0, 0.1) is 5.92 Å². The Kier molecular flexibility index (Phi) is 5.17. The lowest BCUT2D eigenvalue weighted by molar-refractivity contribution is 0.0827. The van der Waals surface area contributed by atoms with E-state index in [9.17, 15) is 5.11 Å². The third-order valence-electron chi connectivity index (χ3n) is 3.98. The molecule has 102 valence electrons. The molecular formula is C14H25N3O. The minimum atomic E-state index is -0.385. The zero-order valence-electron chi connectivity index (χ0n) is 11.4. The lowest BCUT2D eigenvalue weighted by Gasteiger charge is -2.25. The molecule has 0 spiro atoms. The summed E-state index contributed by atoms with van der Waals surface area (Å²) in [5.74, 6) is 0.388. The van der Waals surface area contributed by atoms with E-state index in [1.807, 2.05) is 4.68 Å². The SMILES string of the molecule is CCCn1nncc1C(O)C1CCCCCCC1. The molecule has 18 heavy (non-hydrogen) atoms. The van der Waals surface area contributed by atoms with Crippen LogP contribution in [0.4, 0.5) is 0 Å². The van der Waals surface area contributed by atoms with E-state index in [0.717, 1.165) is 31.5 Å². The van der Waals surface area contributed by atoms with Crippen molar-refractivity contribution in [2.24, 2.45) is 5.92 Å². The summed E-state index contributed by atoms with van der Waals surface area (Å²) in [6.07, 6.45) is 11.1. The van der Waals surface area contributed by atoms with Crippen molar-refractivity contribution in [2.75, 3.05) is 0 Å². The van der Waals surface area contributed by atoms with Crippen LogP contribution in [0.1, 0.15) is 70.1 Å². The van der Waals surface area contributed by atoms with Gasteiger partial charge in [0, 0.05) is 6.54 Å². The van der Waals surface area contributed by atoms with Gasteiger partial charge >= 0.3 is 0 Å². The van der Waals surface area contributed by atoms with E-state index in [2.05, 4.69) is 17.2 Å². The van der Waals surface area contributed by atoms with Crippen LogP contribution in [0.5, 0.6) is 0 Å². The van der Waals surface area contributed by atoms with E-state index >= 15 is 0 Å². The molecule has 1 saturated carbocycles. The molecule has 1 aromatic heterocycles. The maximum absolute atomic E-state index is 10.6. The summed E-state index contributed by atoms with van der Waals surface area (Å²) in [5.41, 5.74) is 0.905. The van der Waals surface area contributed by atoms with Gasteiger partial charge in [-0.1, -0.05) is 44.2 Å². The highest BCUT2D eigenvalue weighted by Crippen LogP contribution is 2.32. The van der Waals surface area contributed by atoms with Crippen molar-refractivity contribution in [1.82, 2.24) is 15.0 Å². The number of aliphatic hydroxyl groups is 1. The quantitative estimate of drug-likeness (QED) is 0.894. The van der Waals surface area contributed by atoms with Crippen molar-refractivity contribution in [3.05, 3.63) is 11.9 Å². The second-order valence-corrected chi connectivity index (χ2v) is 5.43. The van der Waals surface area contributed by atoms with Gasteiger partial charge < -0.3 is 5.11 Å². The monoisotopic (exact) mass is 251 g/mol. The Balaban J connectivity index is 2.03. The first-order valence-electron chi connectivity index (χ1n) is 7.39. The highest BCUT2D eigenvalue weighted by Gasteiger charge is 2.24. The minimum Gasteiger partial charge on any atom is -0.386 e. The van der Waals surface area contributed by atoms with Crippen molar-refractivity contribution < 1.29 is 5.11 Å². The Hall–Kier alpha value is -0.900. The molecule has 1 fully saturated rings. The van der Waals surface area contributed by atoms with E-state index in [-0.39, 0.29) is 6.10 Å². The van der Waals surface area contributed by atoms with E-state index in [0.29, 0.717) is 5.92 Å². The average molecular weight is 251 g/mol. The van der Waals surface area contributed by atoms with Gasteiger partial charge in [-0.2, -0.15) is 0 Å². The summed E-state index contributed by atoms with van der Waals surface area (Å²) in [4.78, 5) is 0. The van der Waals surface area contributed by atoms with Gasteiger partial charge in [-0.05, 0) is 25.2 Å². The van der Waals surface area contributed by atoms with Gasteiger partial charge in [-0.15, -0.1) is 5.10 Å². The van der Waals surface area contributed by atoms with Crippen LogP contribution >= 0.6 is 0 Å². The van der Waals surface area contributed by atoms with E-state index in [1.54, 1.807) is 6.20 Å². The third-order valence-corrected chi connectivity index (χ3v) is 3.98. The maximum atomic E-state index is 10.6. The predicted molar refractivity (Wildman–Crippen MR) is 71.1 cm³/mol. The molecule has 0 radical (unpaired) electrons. The van der Waals surface area contributed by atoms with Gasteiger partial charge in [0.05, 0.1) is 11.9 Å². The first-order chi connectivity index (χ1) is 8.83. The molecule has 0 aliphatic heterocycles. The van der Waals surface area contributed by atoms with Crippen molar-refractivity contribution in [2.45, 2.75) is 70.9 Å². The number of aliphatic hydroxyl groups excluding tert-OH is 1. The Morgan fingerprint density at radius 2 is 1.94 bits per heavy atom. The number of aryl methyl sites for hydroxylation is 1. The first-order valence-corrected chi connectivity index (χ1v) is 7.39. The molecule has 0 aromatic carbocycles. The van der Waals surface area contributed by atoms with Gasteiger partial charge in [0.1, 0.15) is 6.10 Å². The zero-order valence-corrected chi connectivity index (χ0v) is 11.4. The summed E-state index contributed by atoms with van der Waals surface area (Å²) in [6.45, 7) is 2.97. The van der Waals surface area contributed by atoms with Gasteiger partial charge in [-0.25, -0.2) is 4.68 Å². The fraction of sp³-hybridized carbons (Fsp3) is 0.857. The number of rotatable bonds is 4. The molecule has 2 rings (SSSR count). The molecule has 1 heterocycles. The Bertz CT molecular complexity index is 343. The lowest BCUT2D eigenvalue weighted by Crippen LogP contribution is -2.18. The number of hydrogen-bond acceptors (Lipinski definition) is 3. The Labute approximate surface area is 109 Å². The van der Waals surface area contributed by atoms with Crippen LogP contribution in [0.3, 0.4) is 0 Å². The number of aromatic nitrogens is 3. The normalized spacial score (nSPS) is 20.3. The lowest BCUT2D eigenvalue weighted by atomic mass is 9.86. The third kappa shape index (κ3) is 3.31. The Morgan fingerprint density at radius 3 is 2.61 bits per heavy atom. The van der Waals surface area contributed by atoms with Gasteiger partial charge in [0.15, 0.2) is 0 Å². The van der Waals surface area contributed by atoms with Gasteiger partial charge in [0.2, 0.25) is 0 Å². The van der Waals surface area contributed by atoms with Gasteiger partial charge in [0.25, 0.3) is 0 Å². The standard InChI is InChI=1S/C14H25N3O/c1-2-10-17-13(11-15-16-17)14(18)12-8-6-4-3-5-7-9-12/h11-12,14,18H,2-10H2,1H3. The molecule has 1 aliphatic carbocycles. The molecule has 0 amide bonds. The second-order valence-electron chi connectivity index (χ2n) is 5.43. The van der Waals surface area contributed by atoms with Crippen LogP contribution in [-0.2, 0) is 6.54 Å². The molecule has 4 heteroatoms. The molecule has 1 N–H and O–H groups in total. The van der Waals surface area contributed by atoms with Crippen molar-refractivity contribution in [3.63, 3.8) is 0 Å². The molecule has 0 saturated heterocycles. The van der Waals surface area contributed by atoms with Crippen LogP contribution in [0.25, 0.3) is 0 Å². The summed E-state index contributed by atoms with van der Waals surface area (Å²) in [6, 6.07) is 0. The second kappa shape index (κ2) is 6.88. The highest BCUT2D eigenvalue weighted by molar-refractivity contribution is 5.01. The molecule has 0 bridgehead atoms. The number of nitrogens with zero attached hydrogens (tertiary/aromatic N) is 3. The summed E-state index contributed by atoms with van der Waals surface area (Å²) < 4.78 is 1.86. The minimum absolute atomic E-state index is 0.385. The summed E-state index contributed by atoms with van der Waals surface area (Å²) in [5, 5.41) is 18.6. The zero-order chi connectivity index (χ0) is 12.8. The first kappa shape index (κ1) is 13.5. The van der Waals surface area contributed by atoms with Crippen LogP contribution in [0.15, 0.2) is 6.20 Å².